The summed E-state index contributed by atoms with van der Waals surface area (Å²) < 4.78 is 0. The van der Waals surface area contributed by atoms with Crippen LogP contribution in [0.2, 0.25) is 0 Å². The maximum Gasteiger partial charge on any atom is 0.246 e. The molecule has 1 unspecified atom stereocenters. The molecule has 7 N–H and O–H groups in total. The van der Waals surface area contributed by atoms with Gasteiger partial charge in [-0.1, -0.05) is 81.4 Å². The molecule has 23 heteroatoms. The van der Waals surface area contributed by atoms with Crippen LogP contribution in [0, 0.1) is 29.6 Å². The Bertz CT molecular complexity index is 2050. The van der Waals surface area contributed by atoms with Crippen LogP contribution in [0.4, 0.5) is 0 Å². The van der Waals surface area contributed by atoms with E-state index in [9.17, 15) is 57.8 Å². The first kappa shape index (κ1) is 69.9. The number of aliphatic hydroxyl groups is 1. The van der Waals surface area contributed by atoms with E-state index in [4.69, 9.17) is 5.73 Å². The molecule has 76 heavy (non-hydrogen) atoms. The maximum absolute atomic E-state index is 15.0. The van der Waals surface area contributed by atoms with Crippen LogP contribution in [-0.2, 0) is 52.7 Å². The fourth-order valence-corrected chi connectivity index (χ4v) is 8.36. The third-order valence-electron chi connectivity index (χ3n) is 13.5. The Labute approximate surface area is 452 Å². The lowest BCUT2D eigenvalue weighted by molar-refractivity contribution is -0.157. The number of hydrogen-bond acceptors (Lipinski definition) is 12. The minimum atomic E-state index is -1.59. The molecule has 11 amide bonds. The van der Waals surface area contributed by atoms with Gasteiger partial charge in [-0.3, -0.25) is 52.7 Å². The van der Waals surface area contributed by atoms with Crippen molar-refractivity contribution in [2.75, 3.05) is 55.4 Å². The van der Waals surface area contributed by atoms with Gasteiger partial charge in [-0.2, -0.15) is 0 Å². The van der Waals surface area contributed by atoms with E-state index in [1.54, 1.807) is 60.6 Å². The van der Waals surface area contributed by atoms with Crippen molar-refractivity contribution in [3.63, 3.8) is 0 Å². The first-order chi connectivity index (χ1) is 35.0. The average molecular weight is 1080 g/mol. The van der Waals surface area contributed by atoms with Gasteiger partial charge in [-0.25, -0.2) is 0 Å². The van der Waals surface area contributed by atoms with E-state index in [0.29, 0.717) is 6.42 Å². The Morgan fingerprint density at radius 3 is 1.50 bits per heavy atom. The molecule has 434 valence electrons. The molecule has 0 bridgehead atoms. The topological polar surface area (TPSA) is 302 Å². The van der Waals surface area contributed by atoms with Crippen LogP contribution < -0.4 is 27.0 Å². The van der Waals surface area contributed by atoms with Crippen molar-refractivity contribution in [2.45, 2.75) is 177 Å². The maximum atomic E-state index is 15.0. The summed E-state index contributed by atoms with van der Waals surface area (Å²) in [6, 6.07) is -9.52. The summed E-state index contributed by atoms with van der Waals surface area (Å²) in [4.78, 5) is 156. The second kappa shape index (κ2) is 32.5. The summed E-state index contributed by atoms with van der Waals surface area (Å²) in [5.74, 6) is -8.86. The monoisotopic (exact) mass is 1080 g/mol. The van der Waals surface area contributed by atoms with Gasteiger partial charge in [0.15, 0.2) is 0 Å². The van der Waals surface area contributed by atoms with E-state index in [1.807, 2.05) is 27.7 Å². The minimum Gasteiger partial charge on any atom is -0.390 e. The third-order valence-corrected chi connectivity index (χ3v) is 13.5. The number of nitrogens with two attached hydrogens (primary N) is 1. The molecule has 0 aliphatic carbocycles. The first-order valence-electron chi connectivity index (χ1n) is 26.4. The van der Waals surface area contributed by atoms with E-state index < -0.39 is 132 Å². The van der Waals surface area contributed by atoms with Crippen molar-refractivity contribution in [1.82, 2.24) is 50.7 Å². The van der Waals surface area contributed by atoms with Crippen LogP contribution in [0.5, 0.6) is 0 Å². The molecular formula is C53H95N11O12. The molecule has 0 fully saturated rings. The summed E-state index contributed by atoms with van der Waals surface area (Å²) in [5.41, 5.74) is 5.36. The minimum absolute atomic E-state index is 0.0565. The molecule has 0 rings (SSSR count). The number of rotatable bonds is 31. The molecule has 0 spiro atoms. The fourth-order valence-electron chi connectivity index (χ4n) is 8.36. The van der Waals surface area contributed by atoms with Gasteiger partial charge in [0.1, 0.15) is 48.3 Å². The van der Waals surface area contributed by atoms with Crippen LogP contribution in [0.25, 0.3) is 0 Å². The van der Waals surface area contributed by atoms with Crippen LogP contribution in [-0.4, -0.2) is 209 Å². The lowest BCUT2D eigenvalue weighted by Gasteiger charge is -2.41. The normalized spacial score (nSPS) is 15.5. The number of hydrogen-bond donors (Lipinski definition) is 6. The van der Waals surface area contributed by atoms with Gasteiger partial charge in [0.2, 0.25) is 65.0 Å². The Balaban J connectivity index is 6.95. The van der Waals surface area contributed by atoms with Crippen molar-refractivity contribution in [3.05, 3.63) is 12.2 Å². The average Bonchev–Trinajstić information content (AvgIpc) is 3.34. The highest BCUT2D eigenvalue weighted by atomic mass is 16.3. The quantitative estimate of drug-likeness (QED) is 0.0517. The van der Waals surface area contributed by atoms with Crippen LogP contribution in [0.15, 0.2) is 12.2 Å². The van der Waals surface area contributed by atoms with Gasteiger partial charge in [0.05, 0.1) is 19.2 Å². The van der Waals surface area contributed by atoms with Crippen LogP contribution >= 0.6 is 0 Å². The number of likely N-dealkylation sites (N-methyl/N-ethyl adjacent to an activating group) is 6. The Kier molecular flexibility index (Phi) is 29.8. The van der Waals surface area contributed by atoms with E-state index in [2.05, 4.69) is 21.3 Å². The SMILES string of the molecule is C/C=C/C[C@H](C)[C@H](O)C(C(=O)N[C@@H](CC)C(=O)N(C)CC(=O)N(C)[C@H](C)C(N)=O)N(C)C(=O)[C@@H](C(C)C)N(C)C(=O)[C@@H](CC(C)C)N(C)C(=O)[C@@H](CC(C)C)N(C)C(=O)[C@H](C)NC(=O)[C@@H](C)NC(=O)CNC(=O)C(C)C. The van der Waals surface area contributed by atoms with Gasteiger partial charge in [-0.15, -0.1) is 0 Å². The summed E-state index contributed by atoms with van der Waals surface area (Å²) in [6.45, 7) is 22.8. The number of carbonyl (C=O) groups excluding carboxylic acids is 11. The molecule has 0 radical (unpaired) electrons. The highest BCUT2D eigenvalue weighted by Gasteiger charge is 2.45. The number of aliphatic hydroxyl groups excluding tert-OH is 1. The molecule has 0 saturated heterocycles. The molecule has 10 atom stereocenters. The third kappa shape index (κ3) is 20.8. The number of primary amides is 1. The van der Waals surface area contributed by atoms with Gasteiger partial charge >= 0.3 is 0 Å². The van der Waals surface area contributed by atoms with Crippen molar-refractivity contribution in [3.8, 4) is 0 Å². The molecule has 0 aromatic rings. The number of nitrogens with zero attached hydrogens (tertiary/aromatic N) is 6. The summed E-state index contributed by atoms with van der Waals surface area (Å²) in [7, 11) is 8.35. The molecule has 0 heterocycles. The molecular weight excluding hydrogens is 983 g/mol. The molecule has 0 saturated carbocycles. The summed E-state index contributed by atoms with van der Waals surface area (Å²) in [5, 5.41) is 22.1. The van der Waals surface area contributed by atoms with E-state index in [0.717, 1.165) is 14.7 Å². The van der Waals surface area contributed by atoms with Gasteiger partial charge < -0.3 is 61.5 Å². The standard InChI is InChI=1S/C53H95N11O12/c1-21-23-24-33(11)44(67)43(48(71)58-37(22-2)50(73)59(15)28-41(66)60(16)36(14)45(54)68)64(20)53(76)42(31(7)8)63(19)52(75)39(26-30(5)6)62(18)51(74)38(25-29(3)4)61(17)49(72)35(13)57-47(70)34(12)56-40(65)27-55-46(69)32(9)10/h21,23,29-39,42-44,67H,22,24-28H2,1-20H3,(H2,54,68)(H,55,69)(H,56,65)(H,57,70)(H,58,71)/b23-21+/t33-,34+,35-,36+,37-,38+,39+,42+,43?,44-/m0/s1. The second-order valence-electron chi connectivity index (χ2n) is 21.6. The summed E-state index contributed by atoms with van der Waals surface area (Å²) >= 11 is 0. The van der Waals surface area contributed by atoms with Crippen molar-refractivity contribution in [2.24, 2.45) is 35.3 Å². The van der Waals surface area contributed by atoms with Gasteiger partial charge in [0, 0.05) is 48.2 Å². The fraction of sp³-hybridized carbons (Fsp3) is 0.755. The van der Waals surface area contributed by atoms with Crippen molar-refractivity contribution in [1.29, 1.82) is 0 Å². The molecule has 0 aromatic carbocycles. The molecule has 0 aromatic heterocycles. The highest BCUT2D eigenvalue weighted by Crippen LogP contribution is 2.25. The summed E-state index contributed by atoms with van der Waals surface area (Å²) in [6.07, 6.45) is 2.77. The zero-order valence-electron chi connectivity index (χ0n) is 49.2. The largest absolute Gasteiger partial charge is 0.390 e. The lowest BCUT2D eigenvalue weighted by atomic mass is 9.91. The number of amides is 11. The predicted octanol–water partition coefficient (Wildman–Crippen LogP) is 0.473. The first-order valence-corrected chi connectivity index (χ1v) is 26.4. The van der Waals surface area contributed by atoms with Crippen molar-refractivity contribution >= 4 is 65.0 Å². The zero-order valence-corrected chi connectivity index (χ0v) is 49.2. The van der Waals surface area contributed by atoms with Crippen molar-refractivity contribution < 1.29 is 57.8 Å². The Hall–Kier alpha value is -6.13. The van der Waals surface area contributed by atoms with E-state index in [1.165, 1.54) is 77.8 Å². The molecule has 23 nitrogen and oxygen atoms in total. The van der Waals surface area contributed by atoms with Crippen LogP contribution in [0.1, 0.15) is 123 Å². The number of carbonyl (C=O) groups is 11. The van der Waals surface area contributed by atoms with E-state index in [-0.39, 0.29) is 49.5 Å². The number of allylic oxidation sites excluding steroid dienone is 2. The molecule has 0 aliphatic heterocycles. The Morgan fingerprint density at radius 1 is 0.566 bits per heavy atom. The van der Waals surface area contributed by atoms with E-state index >= 15 is 0 Å². The zero-order chi connectivity index (χ0) is 59.4. The van der Waals surface area contributed by atoms with Gasteiger partial charge in [0.25, 0.3) is 0 Å². The lowest BCUT2D eigenvalue weighted by Crippen LogP contribution is -2.63. The second-order valence-corrected chi connectivity index (χ2v) is 21.6. The van der Waals surface area contributed by atoms with Gasteiger partial charge in [-0.05, 0) is 77.0 Å². The predicted molar refractivity (Wildman–Crippen MR) is 289 cm³/mol. The number of nitrogens with one attached hydrogen (secondary N) is 4. The smallest absolute Gasteiger partial charge is 0.246 e. The van der Waals surface area contributed by atoms with Crippen LogP contribution in [0.3, 0.4) is 0 Å². The Morgan fingerprint density at radius 2 is 1.05 bits per heavy atom. The highest BCUT2D eigenvalue weighted by molar-refractivity contribution is 5.98. The molecule has 0 aliphatic rings.